The van der Waals surface area contributed by atoms with E-state index < -0.39 is 80.3 Å². The standard InChI is InChI=1S/C35H31F5N2O6S/c36-29-30(37)32(39)34(33(40)31(29)38)49(47,48)41(18-21-7-3-1-4-8-21)20-28(44)42(25-15-16-26(35(45)46)27(43)17-25)19-22-11-13-24(14-12-22)23-9-5-2-6-10-23/h1,3-4,7-8,11-17,23,43H,2,5-6,9-10,18-20H2,(H,45,46). The number of carbonyl (C=O) groups is 2. The van der Waals surface area contributed by atoms with Gasteiger partial charge in [0.15, 0.2) is 28.2 Å². The van der Waals surface area contributed by atoms with E-state index in [0.717, 1.165) is 48.3 Å². The van der Waals surface area contributed by atoms with E-state index in [-0.39, 0.29) is 22.1 Å². The SMILES string of the molecule is O=C(O)c1ccc(N(Cc2ccc(C3CCCCC3)cc2)C(=O)CN(Cc2ccccc2)S(=O)(=O)c2c(F)c(F)c(F)c(F)c2F)cc1O. The van der Waals surface area contributed by atoms with Crippen molar-refractivity contribution in [3.63, 3.8) is 0 Å². The van der Waals surface area contributed by atoms with Crippen molar-refractivity contribution in [1.82, 2.24) is 4.31 Å². The van der Waals surface area contributed by atoms with Gasteiger partial charge in [-0.25, -0.2) is 35.2 Å². The summed E-state index contributed by atoms with van der Waals surface area (Å²) in [4.78, 5) is 24.5. The number of hydrogen-bond donors (Lipinski definition) is 2. The molecule has 4 aromatic rings. The molecule has 4 aromatic carbocycles. The fraction of sp³-hybridized carbons (Fsp3) is 0.257. The number of hydrogen-bond acceptors (Lipinski definition) is 5. The van der Waals surface area contributed by atoms with Crippen LogP contribution in [0.5, 0.6) is 5.75 Å². The van der Waals surface area contributed by atoms with Crippen LogP contribution in [-0.2, 0) is 27.9 Å². The van der Waals surface area contributed by atoms with Crippen LogP contribution in [0.1, 0.15) is 65.1 Å². The molecule has 14 heteroatoms. The monoisotopic (exact) mass is 702 g/mol. The average Bonchev–Trinajstić information content (AvgIpc) is 3.09. The van der Waals surface area contributed by atoms with Gasteiger partial charge in [0.1, 0.15) is 11.3 Å². The molecule has 0 aromatic heterocycles. The number of rotatable bonds is 11. The lowest BCUT2D eigenvalue weighted by molar-refractivity contribution is -0.119. The lowest BCUT2D eigenvalue weighted by Gasteiger charge is -2.28. The molecule has 1 saturated carbocycles. The van der Waals surface area contributed by atoms with E-state index in [4.69, 9.17) is 0 Å². The maximum Gasteiger partial charge on any atom is 0.339 e. The highest BCUT2D eigenvalue weighted by Crippen LogP contribution is 2.34. The number of halogens is 5. The number of carboxylic acid groups (broad SMARTS) is 1. The molecule has 49 heavy (non-hydrogen) atoms. The number of amides is 1. The van der Waals surface area contributed by atoms with Gasteiger partial charge in [0.2, 0.25) is 21.7 Å². The molecule has 0 atom stereocenters. The number of aromatic carboxylic acids is 1. The van der Waals surface area contributed by atoms with E-state index in [0.29, 0.717) is 11.5 Å². The second-order valence-electron chi connectivity index (χ2n) is 11.7. The first kappa shape index (κ1) is 35.5. The van der Waals surface area contributed by atoms with Crippen LogP contribution in [0.25, 0.3) is 0 Å². The van der Waals surface area contributed by atoms with Crippen LogP contribution in [0.4, 0.5) is 27.6 Å². The summed E-state index contributed by atoms with van der Waals surface area (Å²) in [5.41, 5.74) is 1.35. The van der Waals surface area contributed by atoms with Gasteiger partial charge in [0.05, 0.1) is 13.1 Å². The minimum absolute atomic E-state index is 0.0582. The predicted octanol–water partition coefficient (Wildman–Crippen LogP) is 7.26. The summed E-state index contributed by atoms with van der Waals surface area (Å²) in [6.45, 7) is -2.09. The number of anilines is 1. The van der Waals surface area contributed by atoms with E-state index in [2.05, 4.69) is 0 Å². The van der Waals surface area contributed by atoms with Gasteiger partial charge >= 0.3 is 5.97 Å². The summed E-state index contributed by atoms with van der Waals surface area (Å²) in [5.74, 6) is -15.5. The molecule has 0 heterocycles. The normalized spacial score (nSPS) is 13.8. The Morgan fingerprint density at radius 1 is 0.735 bits per heavy atom. The third-order valence-corrected chi connectivity index (χ3v) is 10.3. The van der Waals surface area contributed by atoms with E-state index >= 15 is 0 Å². The molecule has 0 unspecified atom stereocenters. The Labute approximate surface area is 279 Å². The Bertz CT molecular complexity index is 1940. The van der Waals surface area contributed by atoms with Crippen molar-refractivity contribution in [2.75, 3.05) is 11.4 Å². The molecule has 2 N–H and O–H groups in total. The van der Waals surface area contributed by atoms with Crippen LogP contribution in [0.15, 0.2) is 77.7 Å². The van der Waals surface area contributed by atoms with E-state index in [1.54, 1.807) is 18.2 Å². The average molecular weight is 703 g/mol. The molecule has 0 bridgehead atoms. The van der Waals surface area contributed by atoms with Crippen molar-refractivity contribution < 1.29 is 50.2 Å². The Balaban J connectivity index is 1.55. The Morgan fingerprint density at radius 2 is 1.31 bits per heavy atom. The molecular formula is C35H31F5N2O6S. The zero-order chi connectivity index (χ0) is 35.5. The van der Waals surface area contributed by atoms with Gasteiger partial charge in [-0.15, -0.1) is 0 Å². The number of carboxylic acids is 1. The summed E-state index contributed by atoms with van der Waals surface area (Å²) in [5, 5.41) is 19.8. The fourth-order valence-corrected chi connectivity index (χ4v) is 7.39. The summed E-state index contributed by atoms with van der Waals surface area (Å²) >= 11 is 0. The fourth-order valence-electron chi connectivity index (χ4n) is 5.90. The van der Waals surface area contributed by atoms with Gasteiger partial charge in [0, 0.05) is 18.3 Å². The van der Waals surface area contributed by atoms with Crippen molar-refractivity contribution in [3.05, 3.63) is 124 Å². The molecule has 5 rings (SSSR count). The van der Waals surface area contributed by atoms with Gasteiger partial charge < -0.3 is 15.1 Å². The maximum absolute atomic E-state index is 14.9. The minimum atomic E-state index is -5.59. The van der Waals surface area contributed by atoms with Crippen LogP contribution >= 0.6 is 0 Å². The molecule has 1 fully saturated rings. The van der Waals surface area contributed by atoms with E-state index in [9.17, 15) is 50.2 Å². The maximum atomic E-state index is 14.9. The summed E-state index contributed by atoms with van der Waals surface area (Å²) in [6, 6.07) is 18.1. The van der Waals surface area contributed by atoms with Gasteiger partial charge in [-0.1, -0.05) is 73.9 Å². The van der Waals surface area contributed by atoms with Crippen molar-refractivity contribution >= 4 is 27.6 Å². The molecule has 0 spiro atoms. The Kier molecular flexibility index (Phi) is 10.7. The number of carbonyl (C=O) groups excluding carboxylic acids is 1. The first-order valence-electron chi connectivity index (χ1n) is 15.3. The molecule has 0 radical (unpaired) electrons. The van der Waals surface area contributed by atoms with Crippen LogP contribution in [0.3, 0.4) is 0 Å². The summed E-state index contributed by atoms with van der Waals surface area (Å²) < 4.78 is 99.6. The lowest BCUT2D eigenvalue weighted by Crippen LogP contribution is -2.43. The van der Waals surface area contributed by atoms with Crippen molar-refractivity contribution in [2.24, 2.45) is 0 Å². The van der Waals surface area contributed by atoms with Gasteiger partial charge in [-0.2, -0.15) is 4.31 Å². The second-order valence-corrected chi connectivity index (χ2v) is 13.6. The first-order chi connectivity index (χ1) is 23.3. The van der Waals surface area contributed by atoms with Crippen molar-refractivity contribution in [2.45, 2.75) is 56.0 Å². The Morgan fingerprint density at radius 3 is 1.88 bits per heavy atom. The zero-order valence-electron chi connectivity index (χ0n) is 25.9. The van der Waals surface area contributed by atoms with Crippen LogP contribution in [-0.4, -0.2) is 41.4 Å². The molecular weight excluding hydrogens is 671 g/mol. The Hall–Kier alpha value is -4.82. The molecule has 1 aliphatic rings. The zero-order valence-corrected chi connectivity index (χ0v) is 26.7. The van der Waals surface area contributed by atoms with Crippen molar-refractivity contribution in [3.8, 4) is 5.75 Å². The summed E-state index contributed by atoms with van der Waals surface area (Å²) in [7, 11) is -5.59. The number of aromatic hydroxyl groups is 1. The number of phenols is 1. The molecule has 258 valence electrons. The predicted molar refractivity (Wildman–Crippen MR) is 169 cm³/mol. The van der Waals surface area contributed by atoms with Crippen LogP contribution < -0.4 is 4.90 Å². The van der Waals surface area contributed by atoms with Gasteiger partial charge in [-0.3, -0.25) is 4.79 Å². The summed E-state index contributed by atoms with van der Waals surface area (Å²) in [6.07, 6.45) is 5.46. The quantitative estimate of drug-likeness (QED) is 0.0967. The van der Waals surface area contributed by atoms with Crippen molar-refractivity contribution in [1.29, 1.82) is 0 Å². The first-order valence-corrected chi connectivity index (χ1v) is 16.7. The topological polar surface area (TPSA) is 115 Å². The van der Waals surface area contributed by atoms with E-state index in [1.165, 1.54) is 36.8 Å². The smallest absolute Gasteiger partial charge is 0.339 e. The largest absolute Gasteiger partial charge is 0.507 e. The third-order valence-electron chi connectivity index (χ3n) is 8.50. The molecule has 1 aliphatic carbocycles. The third kappa shape index (κ3) is 7.60. The minimum Gasteiger partial charge on any atom is -0.507 e. The highest BCUT2D eigenvalue weighted by molar-refractivity contribution is 7.89. The highest BCUT2D eigenvalue weighted by atomic mass is 32.2. The lowest BCUT2D eigenvalue weighted by atomic mass is 9.84. The molecule has 1 amide bonds. The number of sulfonamides is 1. The molecule has 8 nitrogen and oxygen atoms in total. The number of nitrogens with zero attached hydrogens (tertiary/aromatic N) is 2. The molecule has 0 aliphatic heterocycles. The highest BCUT2D eigenvalue weighted by Gasteiger charge is 2.39. The van der Waals surface area contributed by atoms with Gasteiger partial charge in [0.25, 0.3) is 0 Å². The van der Waals surface area contributed by atoms with Gasteiger partial charge in [-0.05, 0) is 47.6 Å². The van der Waals surface area contributed by atoms with Crippen LogP contribution in [0, 0.1) is 29.1 Å². The van der Waals surface area contributed by atoms with Crippen LogP contribution in [0.2, 0.25) is 0 Å². The van der Waals surface area contributed by atoms with E-state index in [1.807, 2.05) is 12.1 Å². The number of benzene rings is 4. The molecule has 0 saturated heterocycles. The second kappa shape index (κ2) is 14.7.